The van der Waals surface area contributed by atoms with E-state index in [2.05, 4.69) is 36.3 Å². The zero-order chi connectivity index (χ0) is 25.1. The molecule has 1 unspecified atom stereocenters. The third-order valence-corrected chi connectivity index (χ3v) is 7.43. The van der Waals surface area contributed by atoms with Crippen molar-refractivity contribution in [3.8, 4) is 5.75 Å². The molecule has 1 aliphatic carbocycles. The smallest absolute Gasteiger partial charge is 0.248 e. The number of nitrogens with two attached hydrogens (primary N) is 1. The first kappa shape index (κ1) is 24.3. The van der Waals surface area contributed by atoms with Crippen molar-refractivity contribution in [2.24, 2.45) is 0 Å². The second kappa shape index (κ2) is 10.7. The molecule has 0 radical (unpaired) electrons. The number of rotatable bonds is 9. The van der Waals surface area contributed by atoms with Gasteiger partial charge in [0.25, 0.3) is 0 Å². The lowest BCUT2D eigenvalue weighted by Crippen LogP contribution is -2.91. The fourth-order valence-corrected chi connectivity index (χ4v) is 5.48. The summed E-state index contributed by atoms with van der Waals surface area (Å²) in [6.07, 6.45) is 3.58. The molecule has 5 heteroatoms. The first-order valence-electron chi connectivity index (χ1n) is 13.0. The number of quaternary nitrogens is 1. The van der Waals surface area contributed by atoms with Crippen LogP contribution in [-0.2, 0) is 32.3 Å². The quantitative estimate of drug-likeness (QED) is 0.337. The minimum absolute atomic E-state index is 0.188. The third-order valence-electron chi connectivity index (χ3n) is 7.43. The Morgan fingerprint density at radius 1 is 0.972 bits per heavy atom. The topological polar surface area (TPSA) is 78.9 Å². The number of H-pyrrole nitrogens is 1. The number of aromatic amines is 1. The summed E-state index contributed by atoms with van der Waals surface area (Å²) < 4.78 is 6.05. The molecule has 1 aliphatic rings. The van der Waals surface area contributed by atoms with Gasteiger partial charge in [-0.3, -0.25) is 4.79 Å². The zero-order valence-electron chi connectivity index (χ0n) is 21.1. The lowest BCUT2D eigenvalue weighted by Gasteiger charge is -2.17. The summed E-state index contributed by atoms with van der Waals surface area (Å²) in [5.74, 6) is 0.608. The molecule has 0 spiro atoms. The molecule has 1 aromatic heterocycles. The molecule has 5 nitrogen and oxygen atoms in total. The number of hydrogen-bond acceptors (Lipinski definition) is 3. The molecule has 0 amide bonds. The van der Waals surface area contributed by atoms with E-state index in [-0.39, 0.29) is 5.56 Å². The van der Waals surface area contributed by atoms with Gasteiger partial charge in [0.2, 0.25) is 5.56 Å². The van der Waals surface area contributed by atoms with Gasteiger partial charge in [0.1, 0.15) is 25.0 Å². The summed E-state index contributed by atoms with van der Waals surface area (Å²) in [4.78, 5) is 15.0. The first-order chi connectivity index (χ1) is 17.6. The molecule has 36 heavy (non-hydrogen) atoms. The summed E-state index contributed by atoms with van der Waals surface area (Å²) in [6, 6.07) is 22.2. The Morgan fingerprint density at radius 3 is 2.33 bits per heavy atom. The van der Waals surface area contributed by atoms with E-state index in [1.54, 1.807) is 6.07 Å². The van der Waals surface area contributed by atoms with Crippen molar-refractivity contribution in [1.29, 1.82) is 0 Å². The number of fused-ring (bicyclic) bond motifs is 2. The van der Waals surface area contributed by atoms with E-state index in [0.29, 0.717) is 30.5 Å². The van der Waals surface area contributed by atoms with Crippen molar-refractivity contribution in [3.63, 3.8) is 0 Å². The third kappa shape index (κ3) is 5.08. The van der Waals surface area contributed by atoms with Crippen LogP contribution in [0.2, 0.25) is 0 Å². The number of hydrogen-bond donors (Lipinski definition) is 3. The minimum Gasteiger partial charge on any atom is -0.487 e. The summed E-state index contributed by atoms with van der Waals surface area (Å²) >= 11 is 0. The van der Waals surface area contributed by atoms with E-state index in [9.17, 15) is 9.90 Å². The summed E-state index contributed by atoms with van der Waals surface area (Å²) in [6.45, 7) is 5.43. The fourth-order valence-electron chi connectivity index (χ4n) is 5.48. The van der Waals surface area contributed by atoms with Crippen LogP contribution in [0.25, 0.3) is 10.9 Å². The lowest BCUT2D eigenvalue weighted by atomic mass is 9.97. The van der Waals surface area contributed by atoms with Gasteiger partial charge in [-0.05, 0) is 58.4 Å². The molecule has 3 aromatic carbocycles. The Balaban J connectivity index is 1.30. The second-order valence-electron chi connectivity index (χ2n) is 9.79. The van der Waals surface area contributed by atoms with Gasteiger partial charge < -0.3 is 20.1 Å². The maximum absolute atomic E-state index is 12.1. The van der Waals surface area contributed by atoms with Crippen LogP contribution in [0, 0.1) is 0 Å². The Labute approximate surface area is 212 Å². The molecule has 186 valence electrons. The molecular formula is C31H35N2O3+. The largest absolute Gasteiger partial charge is 0.487 e. The van der Waals surface area contributed by atoms with Crippen LogP contribution < -0.4 is 15.6 Å². The van der Waals surface area contributed by atoms with Gasteiger partial charge in [-0.25, -0.2) is 0 Å². The van der Waals surface area contributed by atoms with Crippen molar-refractivity contribution >= 4 is 10.9 Å². The highest BCUT2D eigenvalue weighted by Crippen LogP contribution is 2.30. The minimum atomic E-state index is -0.650. The van der Waals surface area contributed by atoms with Gasteiger partial charge in [0, 0.05) is 24.3 Å². The van der Waals surface area contributed by atoms with Gasteiger partial charge in [-0.2, -0.15) is 0 Å². The maximum atomic E-state index is 12.1. The molecule has 5 rings (SSSR count). The summed E-state index contributed by atoms with van der Waals surface area (Å²) in [5, 5.41) is 14.3. The van der Waals surface area contributed by atoms with Crippen LogP contribution >= 0.6 is 0 Å². The van der Waals surface area contributed by atoms with Crippen LogP contribution in [0.15, 0.2) is 71.5 Å². The Kier molecular flexibility index (Phi) is 7.21. The van der Waals surface area contributed by atoms with Crippen LogP contribution in [0.4, 0.5) is 0 Å². The van der Waals surface area contributed by atoms with E-state index < -0.39 is 6.10 Å². The average Bonchev–Trinajstić information content (AvgIpc) is 3.31. The Morgan fingerprint density at radius 2 is 1.67 bits per heavy atom. The highest BCUT2D eigenvalue weighted by Gasteiger charge is 2.26. The molecule has 0 saturated heterocycles. The van der Waals surface area contributed by atoms with Crippen molar-refractivity contribution in [2.45, 2.75) is 58.3 Å². The van der Waals surface area contributed by atoms with Crippen molar-refractivity contribution in [2.75, 3.05) is 6.54 Å². The van der Waals surface area contributed by atoms with Crippen LogP contribution in [0.3, 0.4) is 0 Å². The van der Waals surface area contributed by atoms with E-state index in [1.807, 2.05) is 42.5 Å². The maximum Gasteiger partial charge on any atom is 0.248 e. The highest BCUT2D eigenvalue weighted by molar-refractivity contribution is 5.87. The SMILES string of the molecule is CCc1cc2c(cc1CC)CC([NH2+]CC(O)c1ccc(OCc3ccccc3)c3[nH]c(=O)ccc13)C2. The zero-order valence-corrected chi connectivity index (χ0v) is 21.1. The van der Waals surface area contributed by atoms with Gasteiger partial charge in [-0.15, -0.1) is 0 Å². The van der Waals surface area contributed by atoms with Crippen molar-refractivity contribution in [3.05, 3.63) is 110 Å². The summed E-state index contributed by atoms with van der Waals surface area (Å²) in [5.41, 5.74) is 8.15. The van der Waals surface area contributed by atoms with Gasteiger partial charge in [0.05, 0.1) is 11.6 Å². The van der Waals surface area contributed by atoms with Gasteiger partial charge >= 0.3 is 0 Å². The van der Waals surface area contributed by atoms with Crippen LogP contribution in [0.1, 0.15) is 53.3 Å². The van der Waals surface area contributed by atoms with E-state index in [4.69, 9.17) is 4.74 Å². The molecule has 4 N–H and O–H groups in total. The predicted molar refractivity (Wildman–Crippen MR) is 143 cm³/mol. The number of aliphatic hydroxyl groups is 1. The molecule has 0 saturated carbocycles. The number of aromatic nitrogens is 1. The predicted octanol–water partition coefficient (Wildman–Crippen LogP) is 4.00. The van der Waals surface area contributed by atoms with Crippen molar-refractivity contribution in [1.82, 2.24) is 4.98 Å². The molecule has 0 bridgehead atoms. The lowest BCUT2D eigenvalue weighted by molar-refractivity contribution is -0.693. The first-order valence-corrected chi connectivity index (χ1v) is 13.0. The Bertz CT molecular complexity index is 1380. The standard InChI is InChI=1S/C31H34N2O3/c1-3-21-14-23-16-25(17-24(23)15-22(21)4-2)32-18-28(34)26-10-12-29(31-27(26)11-13-30(35)33-31)36-19-20-8-6-5-7-9-20/h5-15,25,28,32,34H,3-4,16-19H2,1-2H3,(H,33,35)/p+1. The average molecular weight is 484 g/mol. The Hall–Kier alpha value is -3.41. The van der Waals surface area contributed by atoms with E-state index >= 15 is 0 Å². The van der Waals surface area contributed by atoms with Crippen molar-refractivity contribution < 1.29 is 15.2 Å². The monoisotopic (exact) mass is 483 g/mol. The second-order valence-corrected chi connectivity index (χ2v) is 9.79. The number of ether oxygens (including phenoxy) is 1. The molecule has 1 atom stereocenters. The number of aryl methyl sites for hydroxylation is 2. The molecule has 4 aromatic rings. The van der Waals surface area contributed by atoms with E-state index in [0.717, 1.165) is 42.2 Å². The van der Waals surface area contributed by atoms with E-state index in [1.165, 1.54) is 28.3 Å². The number of aliphatic hydroxyl groups excluding tert-OH is 1. The molecule has 0 aliphatic heterocycles. The number of nitrogens with one attached hydrogen (secondary N) is 1. The summed E-state index contributed by atoms with van der Waals surface area (Å²) in [7, 11) is 0. The van der Waals surface area contributed by atoms with Gasteiger partial charge in [-0.1, -0.05) is 62.4 Å². The molecule has 1 heterocycles. The molecular weight excluding hydrogens is 448 g/mol. The van der Waals surface area contributed by atoms with Crippen LogP contribution in [-0.4, -0.2) is 22.7 Å². The molecule has 0 fully saturated rings. The normalized spacial score (nSPS) is 14.2. The number of pyridine rings is 1. The fraction of sp³-hybridized carbons (Fsp3) is 0.323. The highest BCUT2D eigenvalue weighted by atomic mass is 16.5. The van der Waals surface area contributed by atoms with Gasteiger partial charge in [0.15, 0.2) is 0 Å². The van der Waals surface area contributed by atoms with Crippen LogP contribution in [0.5, 0.6) is 5.75 Å². The number of benzene rings is 3.